The normalized spacial score (nSPS) is 12.9. The minimum Gasteiger partial charge on any atom is -0.304 e. The predicted octanol–water partition coefficient (Wildman–Crippen LogP) is 2.27. The first-order valence-electron chi connectivity index (χ1n) is 4.63. The molecule has 0 saturated heterocycles. The Morgan fingerprint density at radius 2 is 1.94 bits per heavy atom. The molecule has 0 atom stereocenters. The van der Waals surface area contributed by atoms with Gasteiger partial charge in [-0.1, -0.05) is 19.9 Å². The molecule has 1 aromatic rings. The molecule has 0 amide bonds. The zero-order valence-corrected chi connectivity index (χ0v) is 9.01. The van der Waals surface area contributed by atoms with Gasteiger partial charge in [-0.2, -0.15) is 13.2 Å². The molecule has 2 N–H and O–H groups in total. The first-order chi connectivity index (χ1) is 7.27. The van der Waals surface area contributed by atoms with Crippen molar-refractivity contribution in [1.29, 1.82) is 0 Å². The Kier molecular flexibility index (Phi) is 3.54. The summed E-state index contributed by atoms with van der Waals surface area (Å²) >= 11 is 0. The fraction of sp³-hybridized carbons (Fsp3) is 0.500. The van der Waals surface area contributed by atoms with Crippen molar-refractivity contribution in [3.63, 3.8) is 0 Å². The van der Waals surface area contributed by atoms with Crippen LogP contribution in [0, 0.1) is 0 Å². The topological polar surface area (TPSA) is 48.1 Å². The highest BCUT2D eigenvalue weighted by atomic mass is 19.4. The van der Waals surface area contributed by atoms with E-state index in [9.17, 15) is 13.2 Å². The van der Waals surface area contributed by atoms with E-state index in [1.54, 1.807) is 0 Å². The van der Waals surface area contributed by atoms with Gasteiger partial charge in [0, 0.05) is 11.6 Å². The molecule has 0 aromatic carbocycles. The maximum atomic E-state index is 12.3. The van der Waals surface area contributed by atoms with E-state index in [0.717, 1.165) is 6.07 Å². The molecule has 90 valence electrons. The van der Waals surface area contributed by atoms with E-state index in [2.05, 4.69) is 9.82 Å². The number of hydrogen-bond acceptors (Lipinski definition) is 3. The molecule has 0 aliphatic carbocycles. The van der Waals surface area contributed by atoms with E-state index in [1.807, 2.05) is 13.8 Å². The van der Waals surface area contributed by atoms with Gasteiger partial charge in [0.2, 0.25) is 0 Å². The molecule has 0 aliphatic heterocycles. The highest BCUT2D eigenvalue weighted by Crippen LogP contribution is 2.29. The molecule has 0 fully saturated rings. The molecule has 1 rings (SSSR count). The first-order valence-corrected chi connectivity index (χ1v) is 4.63. The highest BCUT2D eigenvalue weighted by molar-refractivity contribution is 5.23. The SMILES string of the molecule is CC(C)(CON)c1ccc(C(F)(F)F)nc1. The number of nitrogens with two attached hydrogens (primary N) is 1. The van der Waals surface area contributed by atoms with E-state index < -0.39 is 17.3 Å². The molecule has 0 saturated carbocycles. The van der Waals surface area contributed by atoms with Crippen LogP contribution in [-0.4, -0.2) is 11.6 Å². The van der Waals surface area contributed by atoms with Crippen molar-refractivity contribution in [2.24, 2.45) is 5.90 Å². The van der Waals surface area contributed by atoms with Crippen LogP contribution in [0.15, 0.2) is 18.3 Å². The minimum atomic E-state index is -4.41. The van der Waals surface area contributed by atoms with Gasteiger partial charge in [0.1, 0.15) is 5.69 Å². The van der Waals surface area contributed by atoms with Gasteiger partial charge < -0.3 is 4.84 Å². The second-order valence-corrected chi connectivity index (χ2v) is 4.12. The van der Waals surface area contributed by atoms with Gasteiger partial charge in [-0.3, -0.25) is 4.98 Å². The number of hydrogen-bond donors (Lipinski definition) is 1. The Morgan fingerprint density at radius 1 is 1.31 bits per heavy atom. The molecule has 1 aromatic heterocycles. The van der Waals surface area contributed by atoms with Crippen molar-refractivity contribution in [2.75, 3.05) is 6.61 Å². The number of halogens is 3. The summed E-state index contributed by atoms with van der Waals surface area (Å²) in [5, 5.41) is 0. The van der Waals surface area contributed by atoms with Gasteiger partial charge in [-0.25, -0.2) is 5.90 Å². The monoisotopic (exact) mass is 234 g/mol. The Hall–Kier alpha value is -1.14. The zero-order valence-electron chi connectivity index (χ0n) is 9.01. The third kappa shape index (κ3) is 2.93. The van der Waals surface area contributed by atoms with Crippen molar-refractivity contribution in [2.45, 2.75) is 25.4 Å². The standard InChI is InChI=1S/C10H13F3N2O/c1-9(2,6-16-14)7-3-4-8(15-5-7)10(11,12)13/h3-5H,6,14H2,1-2H3. The summed E-state index contributed by atoms with van der Waals surface area (Å²) in [6.07, 6.45) is -3.21. The lowest BCUT2D eigenvalue weighted by Gasteiger charge is -2.23. The number of nitrogens with zero attached hydrogens (tertiary/aromatic N) is 1. The van der Waals surface area contributed by atoms with Crippen molar-refractivity contribution >= 4 is 0 Å². The minimum absolute atomic E-state index is 0.208. The third-order valence-electron chi connectivity index (χ3n) is 2.28. The number of pyridine rings is 1. The van der Waals surface area contributed by atoms with E-state index in [-0.39, 0.29) is 6.61 Å². The van der Waals surface area contributed by atoms with Gasteiger partial charge in [-0.05, 0) is 11.6 Å². The van der Waals surface area contributed by atoms with Gasteiger partial charge in [0.05, 0.1) is 6.61 Å². The average molecular weight is 234 g/mol. The summed E-state index contributed by atoms with van der Waals surface area (Å²) in [6.45, 7) is 3.83. The quantitative estimate of drug-likeness (QED) is 0.816. The first kappa shape index (κ1) is 12.9. The number of rotatable bonds is 3. The molecule has 0 radical (unpaired) electrons. The smallest absolute Gasteiger partial charge is 0.304 e. The second kappa shape index (κ2) is 4.39. The Bertz CT molecular complexity index is 346. The van der Waals surface area contributed by atoms with Gasteiger partial charge in [0.25, 0.3) is 0 Å². The molecule has 6 heteroatoms. The summed E-state index contributed by atoms with van der Waals surface area (Å²) in [6, 6.07) is 2.34. The Labute approximate surface area is 91.4 Å². The van der Waals surface area contributed by atoms with Crippen molar-refractivity contribution < 1.29 is 18.0 Å². The maximum absolute atomic E-state index is 12.3. The lowest BCUT2D eigenvalue weighted by atomic mass is 9.87. The summed E-state index contributed by atoms with van der Waals surface area (Å²) in [5.74, 6) is 4.95. The Morgan fingerprint density at radius 3 is 2.31 bits per heavy atom. The van der Waals surface area contributed by atoms with Crippen LogP contribution >= 0.6 is 0 Å². The maximum Gasteiger partial charge on any atom is 0.433 e. The Balaban J connectivity index is 2.95. The van der Waals surface area contributed by atoms with E-state index >= 15 is 0 Å². The van der Waals surface area contributed by atoms with Crippen LogP contribution in [0.4, 0.5) is 13.2 Å². The molecule has 0 spiro atoms. The summed E-state index contributed by atoms with van der Waals surface area (Å²) in [7, 11) is 0. The van der Waals surface area contributed by atoms with Crippen LogP contribution in [0.3, 0.4) is 0 Å². The van der Waals surface area contributed by atoms with Gasteiger partial charge in [-0.15, -0.1) is 0 Å². The molecule has 1 heterocycles. The molecule has 16 heavy (non-hydrogen) atoms. The fourth-order valence-corrected chi connectivity index (χ4v) is 1.25. The number of aromatic nitrogens is 1. The molecule has 0 bridgehead atoms. The second-order valence-electron chi connectivity index (χ2n) is 4.12. The van der Waals surface area contributed by atoms with E-state index in [1.165, 1.54) is 12.3 Å². The van der Waals surface area contributed by atoms with Crippen LogP contribution in [-0.2, 0) is 16.4 Å². The average Bonchev–Trinajstić information content (AvgIpc) is 2.16. The van der Waals surface area contributed by atoms with E-state index in [0.29, 0.717) is 5.56 Å². The molecule has 0 unspecified atom stereocenters. The molecule has 3 nitrogen and oxygen atoms in total. The van der Waals surface area contributed by atoms with Gasteiger partial charge in [0.15, 0.2) is 0 Å². The van der Waals surface area contributed by atoms with Crippen molar-refractivity contribution in [3.8, 4) is 0 Å². The largest absolute Gasteiger partial charge is 0.433 e. The van der Waals surface area contributed by atoms with Crippen LogP contribution < -0.4 is 5.90 Å². The van der Waals surface area contributed by atoms with E-state index in [4.69, 9.17) is 5.90 Å². The number of alkyl halides is 3. The van der Waals surface area contributed by atoms with Crippen LogP contribution in [0.2, 0.25) is 0 Å². The van der Waals surface area contributed by atoms with Crippen LogP contribution in [0.25, 0.3) is 0 Å². The summed E-state index contributed by atoms with van der Waals surface area (Å²) < 4.78 is 36.8. The molecule has 0 aliphatic rings. The summed E-state index contributed by atoms with van der Waals surface area (Å²) in [5.41, 5.74) is -0.724. The fourth-order valence-electron chi connectivity index (χ4n) is 1.25. The third-order valence-corrected chi connectivity index (χ3v) is 2.28. The van der Waals surface area contributed by atoms with Gasteiger partial charge >= 0.3 is 6.18 Å². The van der Waals surface area contributed by atoms with Crippen LogP contribution in [0.1, 0.15) is 25.1 Å². The van der Waals surface area contributed by atoms with Crippen LogP contribution in [0.5, 0.6) is 0 Å². The molecular weight excluding hydrogens is 221 g/mol. The summed E-state index contributed by atoms with van der Waals surface area (Å²) in [4.78, 5) is 7.89. The predicted molar refractivity (Wildman–Crippen MR) is 52.4 cm³/mol. The van der Waals surface area contributed by atoms with Crippen molar-refractivity contribution in [3.05, 3.63) is 29.6 Å². The lowest BCUT2D eigenvalue weighted by molar-refractivity contribution is -0.141. The van der Waals surface area contributed by atoms with Crippen molar-refractivity contribution in [1.82, 2.24) is 4.98 Å². The zero-order chi connectivity index (χ0) is 12.4. The molecular formula is C10H13F3N2O. The lowest BCUT2D eigenvalue weighted by Crippen LogP contribution is -2.26. The highest BCUT2D eigenvalue weighted by Gasteiger charge is 2.32.